The van der Waals surface area contributed by atoms with Gasteiger partial charge in [-0.3, -0.25) is 0 Å². The lowest BCUT2D eigenvalue weighted by molar-refractivity contribution is 1.05. The minimum Gasteiger partial charge on any atom is -0.389 e. The average molecular weight is 289 g/mol. The second kappa shape index (κ2) is 4.90. The minimum atomic E-state index is 0.404. The van der Waals surface area contributed by atoms with Crippen LogP contribution in [0.3, 0.4) is 0 Å². The lowest BCUT2D eigenvalue weighted by Crippen LogP contribution is -2.12. The highest BCUT2D eigenvalue weighted by atomic mass is 32.1. The van der Waals surface area contributed by atoms with Crippen LogP contribution in [0.15, 0.2) is 23.6 Å². The van der Waals surface area contributed by atoms with E-state index in [1.54, 1.807) is 11.3 Å². The topological polar surface area (TPSA) is 50.9 Å². The van der Waals surface area contributed by atoms with Crippen molar-refractivity contribution in [3.8, 4) is 0 Å². The van der Waals surface area contributed by atoms with Crippen LogP contribution < -0.4 is 11.1 Å². The number of nitrogens with one attached hydrogen (secondary N) is 1. The predicted octanol–water partition coefficient (Wildman–Crippen LogP) is 3.71. The Hall–Kier alpha value is -1.46. The van der Waals surface area contributed by atoms with Crippen molar-refractivity contribution in [2.24, 2.45) is 5.73 Å². The monoisotopic (exact) mass is 289 g/mol. The molecule has 1 aromatic heterocycles. The third kappa shape index (κ3) is 2.77. The molecule has 0 radical (unpaired) electrons. The summed E-state index contributed by atoms with van der Waals surface area (Å²) >= 11 is 6.72. The first-order valence-electron chi connectivity index (χ1n) is 6.26. The highest BCUT2D eigenvalue weighted by Crippen LogP contribution is 2.41. The van der Waals surface area contributed by atoms with E-state index in [9.17, 15) is 0 Å². The van der Waals surface area contributed by atoms with Gasteiger partial charge in [-0.25, -0.2) is 4.98 Å². The lowest BCUT2D eigenvalue weighted by atomic mass is 10.1. The van der Waals surface area contributed by atoms with E-state index in [-0.39, 0.29) is 0 Å². The molecule has 1 aliphatic carbocycles. The molecule has 3 rings (SSSR count). The maximum Gasteiger partial charge on any atom is 0.187 e. The number of hydrogen-bond acceptors (Lipinski definition) is 4. The number of thiocarbonyl (C=S) groups is 1. The first-order chi connectivity index (χ1) is 9.13. The summed E-state index contributed by atoms with van der Waals surface area (Å²) in [5, 5.41) is 6.38. The second-order valence-corrected chi connectivity index (χ2v) is 6.19. The molecule has 0 unspecified atom stereocenters. The zero-order chi connectivity index (χ0) is 13.4. The normalized spacial score (nSPS) is 14.4. The Balaban J connectivity index is 1.88. The largest absolute Gasteiger partial charge is 0.389 e. The van der Waals surface area contributed by atoms with Crippen molar-refractivity contribution >= 4 is 39.4 Å². The molecule has 3 N–H and O–H groups in total. The SMILES string of the molecule is Cc1ccc(C(N)=S)c(Nc2nc(C3CC3)cs2)c1. The summed E-state index contributed by atoms with van der Waals surface area (Å²) in [4.78, 5) is 5.03. The van der Waals surface area contributed by atoms with E-state index in [0.29, 0.717) is 10.9 Å². The molecule has 98 valence electrons. The Bertz CT molecular complexity index is 629. The van der Waals surface area contributed by atoms with Gasteiger partial charge in [0.25, 0.3) is 0 Å². The van der Waals surface area contributed by atoms with E-state index in [1.807, 2.05) is 25.1 Å². The van der Waals surface area contributed by atoms with Crippen molar-refractivity contribution in [1.29, 1.82) is 0 Å². The molecule has 5 heteroatoms. The van der Waals surface area contributed by atoms with Crippen molar-refractivity contribution in [2.45, 2.75) is 25.7 Å². The molecular weight excluding hydrogens is 274 g/mol. The molecule has 1 aromatic carbocycles. The fourth-order valence-corrected chi connectivity index (χ4v) is 2.98. The van der Waals surface area contributed by atoms with Crippen LogP contribution in [0.2, 0.25) is 0 Å². The molecule has 1 heterocycles. The van der Waals surface area contributed by atoms with Crippen molar-refractivity contribution in [3.05, 3.63) is 40.4 Å². The van der Waals surface area contributed by atoms with Crippen molar-refractivity contribution in [2.75, 3.05) is 5.32 Å². The molecule has 19 heavy (non-hydrogen) atoms. The molecule has 0 atom stereocenters. The van der Waals surface area contributed by atoms with E-state index < -0.39 is 0 Å². The zero-order valence-corrected chi connectivity index (χ0v) is 12.3. The Labute approximate surface area is 121 Å². The van der Waals surface area contributed by atoms with Gasteiger partial charge >= 0.3 is 0 Å². The van der Waals surface area contributed by atoms with Gasteiger partial charge in [0.2, 0.25) is 0 Å². The van der Waals surface area contributed by atoms with Gasteiger partial charge in [0.05, 0.1) is 11.4 Å². The number of aryl methyl sites for hydroxylation is 1. The van der Waals surface area contributed by atoms with Crippen molar-refractivity contribution in [1.82, 2.24) is 4.98 Å². The molecule has 0 aliphatic heterocycles. The third-order valence-corrected chi connectivity index (χ3v) is 4.20. The van der Waals surface area contributed by atoms with Crippen LogP contribution in [0, 0.1) is 6.92 Å². The van der Waals surface area contributed by atoms with Crippen molar-refractivity contribution < 1.29 is 0 Å². The number of benzene rings is 1. The Kier molecular flexibility index (Phi) is 3.24. The van der Waals surface area contributed by atoms with E-state index in [0.717, 1.165) is 16.4 Å². The van der Waals surface area contributed by atoms with Gasteiger partial charge in [-0.2, -0.15) is 0 Å². The van der Waals surface area contributed by atoms with Gasteiger partial charge in [-0.1, -0.05) is 18.3 Å². The Morgan fingerprint density at radius 3 is 2.95 bits per heavy atom. The van der Waals surface area contributed by atoms with Crippen LogP contribution in [-0.4, -0.2) is 9.97 Å². The highest BCUT2D eigenvalue weighted by Gasteiger charge is 2.26. The molecule has 1 saturated carbocycles. The fourth-order valence-electron chi connectivity index (χ4n) is 2.00. The van der Waals surface area contributed by atoms with Gasteiger partial charge in [0, 0.05) is 16.9 Å². The Morgan fingerprint density at radius 2 is 2.26 bits per heavy atom. The number of rotatable bonds is 4. The van der Waals surface area contributed by atoms with Gasteiger partial charge in [-0.15, -0.1) is 11.3 Å². The number of nitrogens with two attached hydrogens (primary N) is 1. The van der Waals surface area contributed by atoms with Crippen LogP contribution in [0.4, 0.5) is 10.8 Å². The Morgan fingerprint density at radius 1 is 1.47 bits per heavy atom. The molecule has 2 aromatic rings. The highest BCUT2D eigenvalue weighted by molar-refractivity contribution is 7.80. The summed E-state index contributed by atoms with van der Waals surface area (Å²) in [7, 11) is 0. The standard InChI is InChI=1S/C14H15N3S2/c1-8-2-5-10(13(15)18)11(6-8)16-14-17-12(7-19-14)9-3-4-9/h2,5-7,9H,3-4H2,1H3,(H2,15,18)(H,16,17). The molecule has 0 spiro atoms. The van der Waals surface area contributed by atoms with Crippen LogP contribution in [0.1, 0.15) is 35.6 Å². The number of anilines is 2. The third-order valence-electron chi connectivity index (χ3n) is 3.20. The molecule has 1 aliphatic rings. The van der Waals surface area contributed by atoms with Gasteiger partial charge in [0.15, 0.2) is 5.13 Å². The molecule has 0 amide bonds. The second-order valence-electron chi connectivity index (χ2n) is 4.89. The smallest absolute Gasteiger partial charge is 0.187 e. The van der Waals surface area contributed by atoms with Gasteiger partial charge < -0.3 is 11.1 Å². The van der Waals surface area contributed by atoms with Crippen LogP contribution in [0.5, 0.6) is 0 Å². The summed E-state index contributed by atoms with van der Waals surface area (Å²) in [6.07, 6.45) is 2.54. The molecular formula is C14H15N3S2. The molecule has 1 fully saturated rings. The van der Waals surface area contributed by atoms with E-state index >= 15 is 0 Å². The molecule has 3 nitrogen and oxygen atoms in total. The number of nitrogens with zero attached hydrogens (tertiary/aromatic N) is 1. The van der Waals surface area contributed by atoms with E-state index in [1.165, 1.54) is 24.1 Å². The summed E-state index contributed by atoms with van der Waals surface area (Å²) in [5.41, 5.74) is 9.93. The van der Waals surface area contributed by atoms with Crippen LogP contribution >= 0.6 is 23.6 Å². The first-order valence-corrected chi connectivity index (χ1v) is 7.55. The fraction of sp³-hybridized carbons (Fsp3) is 0.286. The summed E-state index contributed by atoms with van der Waals surface area (Å²) in [6, 6.07) is 6.01. The summed E-state index contributed by atoms with van der Waals surface area (Å²) < 4.78 is 0. The first kappa shape index (κ1) is 12.6. The number of aromatic nitrogens is 1. The zero-order valence-electron chi connectivity index (χ0n) is 10.6. The summed E-state index contributed by atoms with van der Waals surface area (Å²) in [6.45, 7) is 2.05. The minimum absolute atomic E-state index is 0.404. The molecule has 0 saturated heterocycles. The van der Waals surface area contributed by atoms with E-state index in [2.05, 4.69) is 15.7 Å². The summed E-state index contributed by atoms with van der Waals surface area (Å²) in [5.74, 6) is 0.680. The van der Waals surface area contributed by atoms with Crippen LogP contribution in [-0.2, 0) is 0 Å². The van der Waals surface area contributed by atoms with Gasteiger partial charge in [0.1, 0.15) is 4.99 Å². The number of hydrogen-bond donors (Lipinski definition) is 2. The van der Waals surface area contributed by atoms with Crippen LogP contribution in [0.25, 0.3) is 0 Å². The van der Waals surface area contributed by atoms with Crippen molar-refractivity contribution in [3.63, 3.8) is 0 Å². The quantitative estimate of drug-likeness (QED) is 0.843. The number of thiazole rings is 1. The predicted molar refractivity (Wildman–Crippen MR) is 84.4 cm³/mol. The average Bonchev–Trinajstić information content (AvgIpc) is 3.10. The maximum absolute atomic E-state index is 5.76. The van der Waals surface area contributed by atoms with E-state index in [4.69, 9.17) is 18.0 Å². The lowest BCUT2D eigenvalue weighted by Gasteiger charge is -2.09. The van der Waals surface area contributed by atoms with Gasteiger partial charge in [-0.05, 0) is 37.5 Å². The maximum atomic E-state index is 5.76. The molecule has 0 bridgehead atoms.